The molecule has 9 rings (SSSR count). The summed E-state index contributed by atoms with van der Waals surface area (Å²) in [5.74, 6) is -1.47. The molecule has 3 amide bonds. The SMILES string of the molecule is Cc1ccc2onc(C(=O)N3CC[C@H]4CC[C@@H](NN5C[C@@H](c6cc[nH]c(=O)c6)CC56CC6)N4C(=O)[C@@H](NC(=O)c4ccc5ccc(C(F)(F)P(=O)(O)O)cc5c4)C3)c2c1. The Morgan fingerprint density at radius 3 is 2.54 bits per heavy atom. The summed E-state index contributed by atoms with van der Waals surface area (Å²) in [7, 11) is -5.85. The molecule has 5 N–H and O–H groups in total. The van der Waals surface area contributed by atoms with Crippen molar-refractivity contribution in [1.82, 2.24) is 35.7 Å². The van der Waals surface area contributed by atoms with Gasteiger partial charge in [0.05, 0.1) is 18.1 Å². The van der Waals surface area contributed by atoms with Gasteiger partial charge in [-0.15, -0.1) is 0 Å². The van der Waals surface area contributed by atoms with Gasteiger partial charge in [0.1, 0.15) is 6.04 Å². The van der Waals surface area contributed by atoms with Crippen molar-refractivity contribution in [3.8, 4) is 0 Å². The van der Waals surface area contributed by atoms with Gasteiger partial charge in [0.2, 0.25) is 11.5 Å². The van der Waals surface area contributed by atoms with E-state index in [2.05, 4.69) is 25.9 Å². The van der Waals surface area contributed by atoms with Crippen molar-refractivity contribution >= 4 is 47.1 Å². The number of aromatic nitrogens is 2. The van der Waals surface area contributed by atoms with Crippen LogP contribution in [0.4, 0.5) is 8.78 Å². The Morgan fingerprint density at radius 2 is 1.78 bits per heavy atom. The number of fused-ring (bicyclic) bond motifs is 3. The molecule has 308 valence electrons. The van der Waals surface area contributed by atoms with Gasteiger partial charge in [-0.1, -0.05) is 35.0 Å². The van der Waals surface area contributed by atoms with E-state index in [4.69, 9.17) is 4.52 Å². The largest absolute Gasteiger partial charge is 0.399 e. The molecule has 2 aromatic heterocycles. The van der Waals surface area contributed by atoms with Crippen molar-refractivity contribution in [1.29, 1.82) is 0 Å². The van der Waals surface area contributed by atoms with Gasteiger partial charge in [-0.25, -0.2) is 10.4 Å². The Morgan fingerprint density at radius 1 is 0.983 bits per heavy atom. The molecular weight excluding hydrogens is 787 g/mol. The van der Waals surface area contributed by atoms with Crippen LogP contribution in [-0.2, 0) is 15.0 Å². The van der Waals surface area contributed by atoms with E-state index in [0.29, 0.717) is 42.2 Å². The zero-order valence-electron chi connectivity index (χ0n) is 31.9. The van der Waals surface area contributed by atoms with Crippen molar-refractivity contribution in [3.05, 3.63) is 111 Å². The van der Waals surface area contributed by atoms with E-state index in [-0.39, 0.29) is 52.8 Å². The maximum Gasteiger partial charge on any atom is 0.399 e. The van der Waals surface area contributed by atoms with Crippen molar-refractivity contribution < 1.29 is 42.0 Å². The summed E-state index contributed by atoms with van der Waals surface area (Å²) >= 11 is 0. The number of aromatic amines is 1. The van der Waals surface area contributed by atoms with Crippen LogP contribution >= 0.6 is 7.60 Å². The predicted octanol–water partition coefficient (Wildman–Crippen LogP) is 4.69. The minimum absolute atomic E-state index is 0.00558. The molecule has 0 bridgehead atoms. The van der Waals surface area contributed by atoms with Crippen LogP contribution in [0, 0.1) is 6.92 Å². The number of nitrogens with zero attached hydrogens (tertiary/aromatic N) is 4. The summed E-state index contributed by atoms with van der Waals surface area (Å²) in [4.78, 5) is 79.9. The van der Waals surface area contributed by atoms with Crippen LogP contribution in [0.1, 0.15) is 82.0 Å². The van der Waals surface area contributed by atoms with E-state index in [1.807, 2.05) is 19.1 Å². The molecule has 3 saturated heterocycles. The Labute approximate surface area is 335 Å². The van der Waals surface area contributed by atoms with E-state index >= 15 is 0 Å². The summed E-state index contributed by atoms with van der Waals surface area (Å²) in [5, 5.41) is 10.2. The Bertz CT molecular complexity index is 2620. The molecule has 59 heavy (non-hydrogen) atoms. The molecule has 3 aliphatic heterocycles. The average molecular weight is 830 g/mol. The van der Waals surface area contributed by atoms with Crippen molar-refractivity contribution in [3.63, 3.8) is 0 Å². The molecule has 18 heteroatoms. The fourth-order valence-corrected chi connectivity index (χ4v) is 9.58. The number of pyridine rings is 1. The Balaban J connectivity index is 1.01. The number of carbonyl (C=O) groups is 3. The van der Waals surface area contributed by atoms with Crippen LogP contribution in [-0.4, -0.2) is 95.9 Å². The third-order valence-electron chi connectivity index (χ3n) is 12.4. The lowest BCUT2D eigenvalue weighted by atomic mass is 9.96. The van der Waals surface area contributed by atoms with Gasteiger partial charge in [-0.3, -0.25) is 23.7 Å². The van der Waals surface area contributed by atoms with E-state index in [9.17, 15) is 42.3 Å². The summed E-state index contributed by atoms with van der Waals surface area (Å²) in [6.07, 6.45) is 5.78. The zero-order chi connectivity index (χ0) is 41.4. The van der Waals surface area contributed by atoms with Crippen LogP contribution < -0.4 is 16.3 Å². The van der Waals surface area contributed by atoms with Crippen LogP contribution in [0.3, 0.4) is 0 Å². The molecule has 0 unspecified atom stereocenters. The molecule has 4 atom stereocenters. The molecular formula is C41H42F2N7O8P. The maximum atomic E-state index is 14.9. The average Bonchev–Trinajstić information content (AvgIpc) is 3.50. The smallest absolute Gasteiger partial charge is 0.355 e. The normalized spacial score (nSPS) is 23.4. The third kappa shape index (κ3) is 7.14. The number of halogens is 2. The van der Waals surface area contributed by atoms with Crippen LogP contribution in [0.2, 0.25) is 0 Å². The zero-order valence-corrected chi connectivity index (χ0v) is 32.8. The molecule has 4 aliphatic rings. The number of alkyl halides is 2. The Hall–Kier alpha value is -5.32. The summed E-state index contributed by atoms with van der Waals surface area (Å²) in [6.45, 7) is 2.57. The highest BCUT2D eigenvalue weighted by molar-refractivity contribution is 7.52. The van der Waals surface area contributed by atoms with E-state index in [0.717, 1.165) is 42.5 Å². The highest BCUT2D eigenvalue weighted by Gasteiger charge is 2.56. The Kier molecular flexibility index (Phi) is 9.59. The lowest BCUT2D eigenvalue weighted by Gasteiger charge is -2.40. The number of amides is 3. The van der Waals surface area contributed by atoms with Gasteiger partial charge < -0.3 is 34.4 Å². The van der Waals surface area contributed by atoms with Gasteiger partial charge >= 0.3 is 13.3 Å². The molecule has 5 aromatic rings. The first kappa shape index (κ1) is 39.2. The second-order valence-electron chi connectivity index (χ2n) is 16.3. The predicted molar refractivity (Wildman–Crippen MR) is 210 cm³/mol. The molecule has 1 aliphatic carbocycles. The van der Waals surface area contributed by atoms with Crippen molar-refractivity contribution in [2.75, 3.05) is 19.6 Å². The number of nitrogens with one attached hydrogen (secondary N) is 3. The van der Waals surface area contributed by atoms with Crippen LogP contribution in [0.5, 0.6) is 0 Å². The van der Waals surface area contributed by atoms with E-state index < -0.39 is 48.8 Å². The number of aryl methyl sites for hydroxylation is 1. The van der Waals surface area contributed by atoms with Crippen LogP contribution in [0.15, 0.2) is 82.2 Å². The molecule has 3 aromatic carbocycles. The number of hydrogen-bond acceptors (Lipinski definition) is 9. The van der Waals surface area contributed by atoms with Gasteiger partial charge in [0.15, 0.2) is 11.3 Å². The number of hydrazine groups is 1. The van der Waals surface area contributed by atoms with Crippen molar-refractivity contribution in [2.45, 2.75) is 80.8 Å². The fourth-order valence-electron chi connectivity index (χ4n) is 9.11. The lowest BCUT2D eigenvalue weighted by molar-refractivity contribution is -0.140. The minimum atomic E-state index is -5.85. The number of rotatable bonds is 8. The summed E-state index contributed by atoms with van der Waals surface area (Å²) in [5.41, 5.74) is 0.417. The topological polar surface area (TPSA) is 201 Å². The molecule has 5 heterocycles. The number of hydrogen-bond donors (Lipinski definition) is 5. The van der Waals surface area contributed by atoms with Crippen molar-refractivity contribution in [2.24, 2.45) is 0 Å². The second-order valence-corrected chi connectivity index (χ2v) is 18.0. The van der Waals surface area contributed by atoms with Gasteiger partial charge in [-0.05, 0) is 98.2 Å². The van der Waals surface area contributed by atoms with E-state index in [1.54, 1.807) is 29.3 Å². The molecule has 1 spiro atoms. The summed E-state index contributed by atoms with van der Waals surface area (Å²) in [6, 6.07) is 14.8. The van der Waals surface area contributed by atoms with Gasteiger partial charge in [0, 0.05) is 54.0 Å². The number of benzene rings is 3. The first-order valence-electron chi connectivity index (χ1n) is 19.6. The maximum absolute atomic E-state index is 14.9. The second kappa shape index (κ2) is 14.4. The quantitative estimate of drug-likeness (QED) is 0.136. The minimum Gasteiger partial charge on any atom is -0.355 e. The molecule has 15 nitrogen and oxygen atoms in total. The molecule has 1 saturated carbocycles. The first-order chi connectivity index (χ1) is 28.1. The first-order valence-corrected chi connectivity index (χ1v) is 21.2. The molecule has 0 radical (unpaired) electrons. The van der Waals surface area contributed by atoms with E-state index in [1.165, 1.54) is 29.2 Å². The summed E-state index contributed by atoms with van der Waals surface area (Å²) < 4.78 is 46.4. The van der Waals surface area contributed by atoms with Gasteiger partial charge in [0.25, 0.3) is 11.8 Å². The lowest BCUT2D eigenvalue weighted by Crippen LogP contribution is -2.63. The third-order valence-corrected chi connectivity index (χ3v) is 13.4. The monoisotopic (exact) mass is 829 g/mol. The number of H-pyrrole nitrogens is 1. The fraction of sp³-hybridized carbons (Fsp3) is 0.390. The molecule has 4 fully saturated rings. The number of carbonyl (C=O) groups excluding carboxylic acids is 3. The van der Waals surface area contributed by atoms with Gasteiger partial charge in [-0.2, -0.15) is 8.78 Å². The highest BCUT2D eigenvalue weighted by Crippen LogP contribution is 2.59. The highest BCUT2D eigenvalue weighted by atomic mass is 31.2. The van der Waals surface area contributed by atoms with Crippen LogP contribution in [0.25, 0.3) is 21.7 Å². The standard InChI is InChI=1S/C41H42F2N7O8P/c1-23-2-8-33-31(16-23)36(47-58-33)39(54)48-15-11-30-7-9-34(46-49-21-28(20-40(49)12-13-40)25-10-14-44-35(51)19-25)50(30)38(53)32(22-48)45-37(52)26-4-3-24-5-6-29(18-27(24)17-26)41(42,43)59(55,56)57/h2-6,8,10,14,16-19,28,30,32,34,46H,7,9,11-13,15,20-22H2,1H3,(H,44,51)(H,45,52)(H2,55,56,57)/t28-,30+,32-,34-/m0/s1.